The minimum atomic E-state index is -1.18. The molecule has 1 aromatic heterocycles. The van der Waals surface area contributed by atoms with Crippen molar-refractivity contribution >= 4 is 11.9 Å². The van der Waals surface area contributed by atoms with Gasteiger partial charge >= 0.3 is 11.9 Å². The molecule has 0 bridgehead atoms. The lowest BCUT2D eigenvalue weighted by molar-refractivity contribution is 0.0452. The van der Waals surface area contributed by atoms with E-state index >= 15 is 0 Å². The molecule has 2 aromatic rings. The van der Waals surface area contributed by atoms with Crippen molar-refractivity contribution in [2.24, 2.45) is 0 Å². The predicted octanol–water partition coefficient (Wildman–Crippen LogP) is 0.850. The van der Waals surface area contributed by atoms with Crippen LogP contribution in [0.15, 0.2) is 43.0 Å². The zero-order valence-electron chi connectivity index (χ0n) is 8.61. The second kappa shape index (κ2) is 4.48. The number of aromatic carboxylic acids is 1. The average molecular weight is 232 g/mol. The summed E-state index contributed by atoms with van der Waals surface area (Å²) in [6, 6.07) is 5.84. The first-order chi connectivity index (χ1) is 8.18. The van der Waals surface area contributed by atoms with Crippen molar-refractivity contribution in [3.63, 3.8) is 0 Å². The van der Waals surface area contributed by atoms with Gasteiger partial charge in [0.2, 0.25) is 0 Å². The van der Waals surface area contributed by atoms with E-state index in [1.165, 1.54) is 36.9 Å². The molecule has 6 nitrogen and oxygen atoms in total. The first-order valence-corrected chi connectivity index (χ1v) is 4.71. The molecule has 6 heteroatoms. The van der Waals surface area contributed by atoms with Crippen LogP contribution in [0.2, 0.25) is 0 Å². The summed E-state index contributed by atoms with van der Waals surface area (Å²) in [5.41, 5.74) is -0.105. The SMILES string of the molecule is O=C(O)c1ccccc1C(=O)On1ccnc1. The van der Waals surface area contributed by atoms with Gasteiger partial charge in [-0.2, -0.15) is 4.73 Å². The van der Waals surface area contributed by atoms with E-state index in [0.29, 0.717) is 0 Å². The molecule has 0 fully saturated rings. The number of aromatic nitrogens is 2. The van der Waals surface area contributed by atoms with Crippen LogP contribution in [0, 0.1) is 0 Å². The monoisotopic (exact) mass is 232 g/mol. The summed E-state index contributed by atoms with van der Waals surface area (Å²) in [7, 11) is 0. The third-order valence-corrected chi connectivity index (χ3v) is 2.05. The van der Waals surface area contributed by atoms with Crippen LogP contribution in [-0.2, 0) is 0 Å². The Morgan fingerprint density at radius 1 is 1.24 bits per heavy atom. The normalized spacial score (nSPS) is 9.88. The molecule has 0 aliphatic carbocycles. The van der Waals surface area contributed by atoms with Crippen LogP contribution >= 0.6 is 0 Å². The largest absolute Gasteiger partial charge is 0.478 e. The topological polar surface area (TPSA) is 81.4 Å². The van der Waals surface area contributed by atoms with Gasteiger partial charge in [0, 0.05) is 6.20 Å². The summed E-state index contributed by atoms with van der Waals surface area (Å²) >= 11 is 0. The number of hydrogen-bond acceptors (Lipinski definition) is 4. The van der Waals surface area contributed by atoms with E-state index in [4.69, 9.17) is 9.94 Å². The molecule has 0 aliphatic rings. The van der Waals surface area contributed by atoms with Gasteiger partial charge in [-0.05, 0) is 12.1 Å². The van der Waals surface area contributed by atoms with Crippen LogP contribution in [0.25, 0.3) is 0 Å². The second-order valence-corrected chi connectivity index (χ2v) is 3.15. The molecule has 0 saturated heterocycles. The van der Waals surface area contributed by atoms with Crippen LogP contribution in [0.4, 0.5) is 0 Å². The van der Waals surface area contributed by atoms with Crippen molar-refractivity contribution in [3.8, 4) is 0 Å². The number of carbonyl (C=O) groups excluding carboxylic acids is 1. The fraction of sp³-hybridized carbons (Fsp3) is 0. The van der Waals surface area contributed by atoms with Gasteiger partial charge in [0.1, 0.15) is 6.33 Å². The molecule has 0 amide bonds. The molecule has 0 unspecified atom stereocenters. The maximum absolute atomic E-state index is 11.7. The molecular weight excluding hydrogens is 224 g/mol. The van der Waals surface area contributed by atoms with E-state index in [9.17, 15) is 9.59 Å². The summed E-state index contributed by atoms with van der Waals surface area (Å²) in [6.45, 7) is 0. The number of benzene rings is 1. The highest BCUT2D eigenvalue weighted by molar-refractivity contribution is 6.02. The van der Waals surface area contributed by atoms with E-state index in [1.807, 2.05) is 0 Å². The number of carbonyl (C=O) groups is 2. The molecule has 0 spiro atoms. The van der Waals surface area contributed by atoms with Crippen LogP contribution in [0.1, 0.15) is 20.7 Å². The Labute approximate surface area is 96.0 Å². The Morgan fingerprint density at radius 2 is 1.94 bits per heavy atom. The standard InChI is InChI=1S/C11H8N2O4/c14-10(15)8-3-1-2-4-9(8)11(16)17-13-6-5-12-7-13/h1-7H,(H,14,15). The highest BCUT2D eigenvalue weighted by Gasteiger charge is 2.17. The Hall–Kier alpha value is -2.63. The minimum Gasteiger partial charge on any atom is -0.478 e. The number of imidazole rings is 1. The maximum atomic E-state index is 11.7. The second-order valence-electron chi connectivity index (χ2n) is 3.15. The molecule has 0 radical (unpaired) electrons. The van der Waals surface area contributed by atoms with Gasteiger partial charge in [0.05, 0.1) is 17.3 Å². The molecule has 0 saturated carbocycles. The zero-order chi connectivity index (χ0) is 12.3. The molecule has 1 aromatic carbocycles. The number of hydrogen-bond donors (Lipinski definition) is 1. The number of rotatable bonds is 3. The minimum absolute atomic E-state index is 0.00583. The highest BCUT2D eigenvalue weighted by atomic mass is 16.7. The molecule has 0 atom stereocenters. The molecule has 86 valence electrons. The van der Waals surface area contributed by atoms with Gasteiger partial charge in [-0.1, -0.05) is 12.1 Å². The van der Waals surface area contributed by atoms with Gasteiger partial charge in [-0.3, -0.25) is 0 Å². The van der Waals surface area contributed by atoms with Gasteiger partial charge in [-0.15, -0.1) is 0 Å². The predicted molar refractivity (Wildman–Crippen MR) is 56.5 cm³/mol. The number of nitrogens with zero attached hydrogens (tertiary/aromatic N) is 2. The number of carboxylic acid groups (broad SMARTS) is 1. The Bertz CT molecular complexity index is 548. The van der Waals surface area contributed by atoms with Crippen molar-refractivity contribution in [2.75, 3.05) is 0 Å². The van der Waals surface area contributed by atoms with Gasteiger partial charge < -0.3 is 9.94 Å². The smallest absolute Gasteiger partial charge is 0.364 e. The van der Waals surface area contributed by atoms with Gasteiger partial charge in [-0.25, -0.2) is 14.6 Å². The highest BCUT2D eigenvalue weighted by Crippen LogP contribution is 2.09. The van der Waals surface area contributed by atoms with Crippen molar-refractivity contribution in [2.45, 2.75) is 0 Å². The number of carboxylic acids is 1. The summed E-state index contributed by atoms with van der Waals surface area (Å²) in [5, 5.41) is 8.91. The molecule has 2 rings (SSSR count). The first kappa shape index (κ1) is 10.9. The molecule has 1 N–H and O–H groups in total. The fourth-order valence-electron chi connectivity index (χ4n) is 1.29. The Balaban J connectivity index is 2.28. The Kier molecular flexibility index (Phi) is 2.87. The van der Waals surface area contributed by atoms with Crippen LogP contribution in [0.3, 0.4) is 0 Å². The third-order valence-electron chi connectivity index (χ3n) is 2.05. The quantitative estimate of drug-likeness (QED) is 0.848. The van der Waals surface area contributed by atoms with Crippen molar-refractivity contribution < 1.29 is 19.5 Å². The molecule has 1 heterocycles. The van der Waals surface area contributed by atoms with Crippen LogP contribution in [0.5, 0.6) is 0 Å². The van der Waals surface area contributed by atoms with Crippen molar-refractivity contribution in [1.29, 1.82) is 0 Å². The van der Waals surface area contributed by atoms with Gasteiger partial charge in [0.25, 0.3) is 0 Å². The Morgan fingerprint density at radius 3 is 2.53 bits per heavy atom. The van der Waals surface area contributed by atoms with E-state index in [1.54, 1.807) is 6.07 Å². The lowest BCUT2D eigenvalue weighted by Crippen LogP contribution is -2.20. The average Bonchev–Trinajstić information content (AvgIpc) is 2.81. The van der Waals surface area contributed by atoms with E-state index < -0.39 is 11.9 Å². The first-order valence-electron chi connectivity index (χ1n) is 4.71. The summed E-state index contributed by atoms with van der Waals surface area (Å²) in [5.74, 6) is -1.93. The third kappa shape index (κ3) is 2.31. The van der Waals surface area contributed by atoms with E-state index in [-0.39, 0.29) is 11.1 Å². The summed E-state index contributed by atoms with van der Waals surface area (Å²) < 4.78 is 1.10. The van der Waals surface area contributed by atoms with Crippen LogP contribution < -0.4 is 4.84 Å². The zero-order valence-corrected chi connectivity index (χ0v) is 8.61. The molecule has 0 aliphatic heterocycles. The maximum Gasteiger partial charge on any atom is 0.364 e. The molecular formula is C11H8N2O4. The summed E-state index contributed by atoms with van der Waals surface area (Å²) in [4.78, 5) is 31.2. The van der Waals surface area contributed by atoms with Crippen molar-refractivity contribution in [3.05, 3.63) is 54.1 Å². The lowest BCUT2D eigenvalue weighted by atomic mass is 10.1. The van der Waals surface area contributed by atoms with Crippen LogP contribution in [-0.4, -0.2) is 26.8 Å². The van der Waals surface area contributed by atoms with E-state index in [2.05, 4.69) is 4.98 Å². The molecule has 17 heavy (non-hydrogen) atoms. The van der Waals surface area contributed by atoms with E-state index in [0.717, 1.165) is 4.73 Å². The fourth-order valence-corrected chi connectivity index (χ4v) is 1.29. The van der Waals surface area contributed by atoms with Gasteiger partial charge in [0.15, 0.2) is 0 Å². The lowest BCUT2D eigenvalue weighted by Gasteiger charge is -2.05. The van der Waals surface area contributed by atoms with Crippen molar-refractivity contribution in [1.82, 2.24) is 9.71 Å². The summed E-state index contributed by atoms with van der Waals surface area (Å²) in [6.07, 6.45) is 4.17.